The number of rotatable bonds is 5. The number of alkyl halides is 4. The van der Waals surface area contributed by atoms with Crippen LogP contribution in [0.3, 0.4) is 0 Å². The van der Waals surface area contributed by atoms with Gasteiger partial charge in [-0.3, -0.25) is 4.79 Å². The van der Waals surface area contributed by atoms with E-state index < -0.39 is 35.1 Å². The summed E-state index contributed by atoms with van der Waals surface area (Å²) in [5.74, 6) is -4.86. The molecule has 0 spiro atoms. The summed E-state index contributed by atoms with van der Waals surface area (Å²) >= 11 is 5.18. The first kappa shape index (κ1) is 16.5. The Morgan fingerprint density at radius 3 is 2.28 bits per heavy atom. The van der Waals surface area contributed by atoms with E-state index in [4.69, 9.17) is 11.6 Å². The van der Waals surface area contributed by atoms with Gasteiger partial charge in [0.15, 0.2) is 0 Å². The molecule has 0 saturated heterocycles. The van der Waals surface area contributed by atoms with Crippen LogP contribution in [0.25, 0.3) is 0 Å². The number of ether oxygens (including phenoxy) is 1. The van der Waals surface area contributed by atoms with Gasteiger partial charge in [-0.2, -0.15) is 13.2 Å². The van der Waals surface area contributed by atoms with E-state index in [1.165, 1.54) is 6.92 Å². The van der Waals surface area contributed by atoms with E-state index in [0.29, 0.717) is 6.08 Å². The third-order valence-corrected chi connectivity index (χ3v) is 1.84. The highest BCUT2D eigenvalue weighted by Crippen LogP contribution is 2.17. The maximum atomic E-state index is 11.9. The lowest BCUT2D eigenvalue weighted by molar-refractivity contribution is -0.302. The van der Waals surface area contributed by atoms with Crippen LogP contribution in [0, 0.1) is 0 Å². The molecule has 0 rings (SSSR count). The van der Waals surface area contributed by atoms with E-state index in [1.54, 1.807) is 0 Å². The summed E-state index contributed by atoms with van der Waals surface area (Å²) in [6.07, 6.45) is -4.53. The van der Waals surface area contributed by atoms with E-state index in [2.05, 4.69) is 4.74 Å². The number of carbonyl (C=O) groups is 2. The lowest BCUT2D eigenvalue weighted by atomic mass is 10.2. The van der Waals surface area contributed by atoms with Gasteiger partial charge in [0.2, 0.25) is 0 Å². The van der Waals surface area contributed by atoms with Gasteiger partial charge in [0, 0.05) is 11.5 Å². The molecule has 4 nitrogen and oxygen atoms in total. The average Bonchev–Trinajstić information content (AvgIpc) is 2.27. The number of esters is 1. The van der Waals surface area contributed by atoms with Crippen LogP contribution >= 0.6 is 11.6 Å². The minimum atomic E-state index is -5.07. The Hall–Kier alpha value is -1.50. The highest BCUT2D eigenvalue weighted by Gasteiger charge is 2.36. The number of hydrogen-bond acceptors (Lipinski definition) is 4. The van der Waals surface area contributed by atoms with Gasteiger partial charge in [0.05, 0.1) is 6.61 Å². The van der Waals surface area contributed by atoms with Crippen LogP contribution in [0.1, 0.15) is 6.92 Å². The van der Waals surface area contributed by atoms with E-state index in [0.717, 1.165) is 0 Å². The average molecular weight is 286 g/mol. The zero-order chi connectivity index (χ0) is 14.3. The molecule has 0 aliphatic heterocycles. The zero-order valence-electron chi connectivity index (χ0n) is 9.21. The second kappa shape index (κ2) is 7.05. The number of allylic oxidation sites excluding steroid dienone is 2. The normalized spacial score (nSPS) is 13.4. The fraction of sp³-hybridized carbons (Fsp3) is 0.400. The molecule has 0 aromatic carbocycles. The molecule has 0 aliphatic rings. The third kappa shape index (κ3) is 5.22. The Bertz CT molecular complexity index is 385. The molecule has 18 heavy (non-hydrogen) atoms. The van der Waals surface area contributed by atoms with Gasteiger partial charge in [-0.15, -0.1) is 17.4 Å². The van der Waals surface area contributed by atoms with Crippen LogP contribution in [-0.2, 0) is 14.3 Å². The first-order chi connectivity index (χ1) is 8.23. The van der Waals surface area contributed by atoms with Crippen LogP contribution in [0.15, 0.2) is 23.5 Å². The highest BCUT2D eigenvalue weighted by atomic mass is 35.5. The van der Waals surface area contributed by atoms with Gasteiger partial charge in [0.25, 0.3) is 5.78 Å². The summed E-state index contributed by atoms with van der Waals surface area (Å²) in [7, 11) is 0. The largest absolute Gasteiger partial charge is 0.874 e. The summed E-state index contributed by atoms with van der Waals surface area (Å²) in [6.45, 7) is 1.38. The maximum Gasteiger partial charge on any atom is 0.454 e. The molecule has 0 fully saturated rings. The van der Waals surface area contributed by atoms with Gasteiger partial charge in [-0.25, -0.2) is 4.79 Å². The SMILES string of the molecule is CCOC(=O)C(/C=C/C(=O)C(F)(F)F)=C(\[O-])CCl. The summed E-state index contributed by atoms with van der Waals surface area (Å²) in [5.41, 5.74) is -0.704. The molecular formula is C10H9ClF3O4-. The topological polar surface area (TPSA) is 66.4 Å². The van der Waals surface area contributed by atoms with E-state index in [9.17, 15) is 27.9 Å². The number of ketones is 1. The van der Waals surface area contributed by atoms with Crippen molar-refractivity contribution < 1.29 is 32.6 Å². The summed E-state index contributed by atoms with van der Waals surface area (Å²) < 4.78 is 40.1. The van der Waals surface area contributed by atoms with Crippen LogP contribution in [0.4, 0.5) is 13.2 Å². The van der Waals surface area contributed by atoms with Crippen LogP contribution < -0.4 is 5.11 Å². The third-order valence-electron chi connectivity index (χ3n) is 1.60. The van der Waals surface area contributed by atoms with Crippen molar-refractivity contribution in [1.29, 1.82) is 0 Å². The molecule has 8 heteroatoms. The van der Waals surface area contributed by atoms with Crippen molar-refractivity contribution in [2.24, 2.45) is 0 Å². The molecule has 102 valence electrons. The van der Waals surface area contributed by atoms with Gasteiger partial charge < -0.3 is 9.84 Å². The number of halogens is 4. The Morgan fingerprint density at radius 1 is 1.33 bits per heavy atom. The smallest absolute Gasteiger partial charge is 0.454 e. The van der Waals surface area contributed by atoms with Crippen molar-refractivity contribution >= 4 is 23.4 Å². The van der Waals surface area contributed by atoms with Crippen LogP contribution in [0.2, 0.25) is 0 Å². The fourth-order valence-corrected chi connectivity index (χ4v) is 0.953. The Kier molecular flexibility index (Phi) is 6.46. The standard InChI is InChI=1S/C10H10ClF3O4/c1-2-18-9(17)6(7(15)5-11)3-4-8(16)10(12,13)14/h3-4,15H,2,5H2,1H3/p-1/b4-3+,7-6-. The summed E-state index contributed by atoms with van der Waals surface area (Å²) in [6, 6.07) is 0. The molecule has 0 unspecified atom stereocenters. The molecular weight excluding hydrogens is 277 g/mol. The van der Waals surface area contributed by atoms with Gasteiger partial charge in [0.1, 0.15) is 0 Å². The lowest BCUT2D eigenvalue weighted by Crippen LogP contribution is -2.21. The van der Waals surface area contributed by atoms with E-state index >= 15 is 0 Å². The van der Waals surface area contributed by atoms with Crippen molar-refractivity contribution in [1.82, 2.24) is 0 Å². The van der Waals surface area contributed by atoms with Gasteiger partial charge in [-0.1, -0.05) is 0 Å². The molecule has 0 bridgehead atoms. The molecule has 0 heterocycles. The van der Waals surface area contributed by atoms with Crippen molar-refractivity contribution in [2.45, 2.75) is 13.1 Å². The number of carbonyl (C=O) groups excluding carboxylic acids is 2. The van der Waals surface area contributed by atoms with Crippen molar-refractivity contribution in [3.05, 3.63) is 23.5 Å². The molecule has 0 aromatic rings. The summed E-state index contributed by atoms with van der Waals surface area (Å²) in [4.78, 5) is 21.8. The Labute approximate surface area is 106 Å². The first-order valence-corrected chi connectivity index (χ1v) is 5.20. The molecule has 0 aliphatic carbocycles. The van der Waals surface area contributed by atoms with Crippen molar-refractivity contribution in [2.75, 3.05) is 12.5 Å². The molecule has 0 N–H and O–H groups in total. The first-order valence-electron chi connectivity index (χ1n) is 4.66. The lowest BCUT2D eigenvalue weighted by Gasteiger charge is -2.13. The molecule has 0 saturated carbocycles. The fourth-order valence-electron chi connectivity index (χ4n) is 0.809. The van der Waals surface area contributed by atoms with Crippen LogP contribution in [-0.4, -0.2) is 30.4 Å². The second-order valence-corrected chi connectivity index (χ2v) is 3.15. The number of hydrogen-bond donors (Lipinski definition) is 0. The predicted octanol–water partition coefficient (Wildman–Crippen LogP) is 1.09. The minimum Gasteiger partial charge on any atom is -0.874 e. The van der Waals surface area contributed by atoms with Crippen molar-refractivity contribution in [3.8, 4) is 0 Å². The van der Waals surface area contributed by atoms with E-state index in [1.807, 2.05) is 0 Å². The van der Waals surface area contributed by atoms with E-state index in [-0.39, 0.29) is 12.7 Å². The quantitative estimate of drug-likeness (QED) is 0.249. The second-order valence-electron chi connectivity index (χ2n) is 2.89. The minimum absolute atomic E-state index is 0.0705. The van der Waals surface area contributed by atoms with Crippen LogP contribution in [0.5, 0.6) is 0 Å². The highest BCUT2D eigenvalue weighted by molar-refractivity contribution is 6.19. The zero-order valence-corrected chi connectivity index (χ0v) is 9.97. The predicted molar refractivity (Wildman–Crippen MR) is 54.6 cm³/mol. The van der Waals surface area contributed by atoms with Gasteiger partial charge >= 0.3 is 12.1 Å². The van der Waals surface area contributed by atoms with Gasteiger partial charge in [-0.05, 0) is 19.1 Å². The maximum absolute atomic E-state index is 11.9. The monoisotopic (exact) mass is 285 g/mol. The molecule has 0 amide bonds. The Balaban J connectivity index is 5.11. The molecule has 0 radical (unpaired) electrons. The van der Waals surface area contributed by atoms with Crippen molar-refractivity contribution in [3.63, 3.8) is 0 Å². The summed E-state index contributed by atoms with van der Waals surface area (Å²) in [5, 5.41) is 11.2. The molecule has 0 aromatic heterocycles. The Morgan fingerprint density at radius 2 is 1.89 bits per heavy atom. The molecule has 0 atom stereocenters.